The van der Waals surface area contributed by atoms with E-state index in [1.807, 2.05) is 0 Å². The third-order valence-corrected chi connectivity index (χ3v) is 6.96. The number of carbonyl (C=O) groups excluding carboxylic acids is 2. The lowest BCUT2D eigenvalue weighted by molar-refractivity contribution is -0.145. The summed E-state index contributed by atoms with van der Waals surface area (Å²) in [6, 6.07) is 0.208. The molecule has 4 rings (SSSR count). The second-order valence-corrected chi connectivity index (χ2v) is 9.42. The summed E-state index contributed by atoms with van der Waals surface area (Å²) in [4.78, 5) is 34.3. The molecule has 1 aromatic carbocycles. The molecule has 0 saturated carbocycles. The molecule has 1 aromatic heterocycles. The van der Waals surface area contributed by atoms with E-state index in [4.69, 9.17) is 16.3 Å². The van der Waals surface area contributed by atoms with Gasteiger partial charge in [-0.2, -0.15) is 13.2 Å². The van der Waals surface area contributed by atoms with Crippen LogP contribution in [0, 0.1) is 23.5 Å². The van der Waals surface area contributed by atoms with Crippen LogP contribution in [0.1, 0.15) is 48.2 Å². The van der Waals surface area contributed by atoms with Crippen LogP contribution >= 0.6 is 11.6 Å². The molecule has 36 heavy (non-hydrogen) atoms. The predicted octanol–water partition coefficient (Wildman–Crippen LogP) is 4.17. The largest absolute Gasteiger partial charge is 0.451 e. The van der Waals surface area contributed by atoms with E-state index in [-0.39, 0.29) is 37.0 Å². The molecular formula is C23H22ClF5N4O3. The zero-order valence-corrected chi connectivity index (χ0v) is 19.9. The molecule has 2 aliphatic heterocycles. The Morgan fingerprint density at radius 2 is 1.89 bits per heavy atom. The van der Waals surface area contributed by atoms with Gasteiger partial charge in [-0.1, -0.05) is 18.5 Å². The maximum atomic E-state index is 14.7. The van der Waals surface area contributed by atoms with E-state index < -0.39 is 64.3 Å². The summed E-state index contributed by atoms with van der Waals surface area (Å²) in [5.74, 6) is -5.22. The molecular weight excluding hydrogens is 511 g/mol. The Morgan fingerprint density at radius 1 is 1.19 bits per heavy atom. The first kappa shape index (κ1) is 26.2. The maximum absolute atomic E-state index is 14.7. The van der Waals surface area contributed by atoms with Gasteiger partial charge in [-0.25, -0.2) is 18.7 Å². The summed E-state index contributed by atoms with van der Waals surface area (Å²) in [6.45, 7) is 3.85. The van der Waals surface area contributed by atoms with E-state index in [1.165, 1.54) is 4.90 Å². The summed E-state index contributed by atoms with van der Waals surface area (Å²) < 4.78 is 73.2. The number of halogens is 6. The molecule has 7 nitrogen and oxygen atoms in total. The van der Waals surface area contributed by atoms with Crippen LogP contribution in [0.5, 0.6) is 0 Å². The molecule has 194 valence electrons. The van der Waals surface area contributed by atoms with Crippen LogP contribution in [-0.4, -0.2) is 52.0 Å². The first-order chi connectivity index (χ1) is 16.9. The number of hydrogen-bond acceptors (Lipinski definition) is 5. The van der Waals surface area contributed by atoms with Gasteiger partial charge >= 0.3 is 6.18 Å². The maximum Gasteiger partial charge on any atom is 0.451 e. The molecule has 0 bridgehead atoms. The highest BCUT2D eigenvalue weighted by atomic mass is 35.5. The van der Waals surface area contributed by atoms with Gasteiger partial charge < -0.3 is 15.0 Å². The van der Waals surface area contributed by atoms with Crippen molar-refractivity contribution in [3.8, 4) is 0 Å². The predicted molar refractivity (Wildman–Crippen MR) is 117 cm³/mol. The van der Waals surface area contributed by atoms with Gasteiger partial charge in [-0.15, -0.1) is 0 Å². The molecule has 0 aliphatic carbocycles. The van der Waals surface area contributed by atoms with Crippen molar-refractivity contribution in [1.29, 1.82) is 0 Å². The number of alkyl halides is 3. The number of amides is 2. The third-order valence-electron chi connectivity index (χ3n) is 6.67. The Morgan fingerprint density at radius 3 is 2.50 bits per heavy atom. The topological polar surface area (TPSA) is 84.4 Å². The van der Waals surface area contributed by atoms with Gasteiger partial charge in [0.2, 0.25) is 11.7 Å². The van der Waals surface area contributed by atoms with Crippen LogP contribution in [0.4, 0.5) is 22.0 Å². The lowest BCUT2D eigenvalue weighted by atomic mass is 9.90. The van der Waals surface area contributed by atoms with Crippen LogP contribution in [0.15, 0.2) is 24.4 Å². The molecule has 13 heteroatoms. The average molecular weight is 533 g/mol. The molecule has 0 radical (unpaired) electrons. The highest BCUT2D eigenvalue weighted by Gasteiger charge is 2.45. The molecule has 2 saturated heterocycles. The van der Waals surface area contributed by atoms with Gasteiger partial charge in [0.25, 0.3) is 5.91 Å². The normalized spacial score (nSPS) is 23.3. The second-order valence-electron chi connectivity index (χ2n) is 9.02. The summed E-state index contributed by atoms with van der Waals surface area (Å²) in [5.41, 5.74) is -0.632. The van der Waals surface area contributed by atoms with Gasteiger partial charge in [-0.3, -0.25) is 9.59 Å². The Hall–Kier alpha value is -2.86. The van der Waals surface area contributed by atoms with Crippen molar-refractivity contribution in [3.63, 3.8) is 0 Å². The molecule has 3 heterocycles. The summed E-state index contributed by atoms with van der Waals surface area (Å²) in [6.07, 6.45) is -3.82. The third kappa shape index (κ3) is 5.01. The number of likely N-dealkylation sites (tertiary alicyclic amines) is 1. The number of nitrogens with one attached hydrogen (secondary N) is 1. The molecule has 0 unspecified atom stereocenters. The number of aromatic nitrogens is 2. The van der Waals surface area contributed by atoms with E-state index in [2.05, 4.69) is 15.3 Å². The van der Waals surface area contributed by atoms with Crippen molar-refractivity contribution in [2.75, 3.05) is 13.2 Å². The van der Waals surface area contributed by atoms with Crippen molar-refractivity contribution >= 4 is 23.4 Å². The number of hydrogen-bond donors (Lipinski definition) is 1. The Balaban J connectivity index is 1.62. The second kappa shape index (κ2) is 9.89. The number of rotatable bonds is 5. The van der Waals surface area contributed by atoms with E-state index in [0.717, 1.165) is 24.4 Å². The summed E-state index contributed by atoms with van der Waals surface area (Å²) in [7, 11) is 0. The van der Waals surface area contributed by atoms with E-state index in [1.54, 1.807) is 13.8 Å². The van der Waals surface area contributed by atoms with Gasteiger partial charge in [0.1, 0.15) is 23.4 Å². The number of benzene rings is 1. The van der Waals surface area contributed by atoms with Crippen LogP contribution in [0.2, 0.25) is 5.02 Å². The van der Waals surface area contributed by atoms with Crippen LogP contribution < -0.4 is 5.32 Å². The fourth-order valence-electron chi connectivity index (χ4n) is 4.45. The summed E-state index contributed by atoms with van der Waals surface area (Å²) >= 11 is 5.66. The smallest absolute Gasteiger partial charge is 0.381 e. The zero-order valence-electron chi connectivity index (χ0n) is 19.2. The monoisotopic (exact) mass is 532 g/mol. The van der Waals surface area contributed by atoms with E-state index in [9.17, 15) is 31.5 Å². The first-order valence-corrected chi connectivity index (χ1v) is 11.5. The van der Waals surface area contributed by atoms with Gasteiger partial charge in [0.15, 0.2) is 0 Å². The average Bonchev–Trinajstić information content (AvgIpc) is 3.08. The fraction of sp³-hybridized carbons (Fsp3) is 0.478. The highest BCUT2D eigenvalue weighted by molar-refractivity contribution is 6.30. The quantitative estimate of drug-likeness (QED) is 0.461. The van der Waals surface area contributed by atoms with Crippen LogP contribution in [-0.2, 0) is 15.7 Å². The molecule has 2 amide bonds. The molecule has 1 N–H and O–H groups in total. The van der Waals surface area contributed by atoms with Gasteiger partial charge in [0, 0.05) is 23.7 Å². The highest BCUT2D eigenvalue weighted by Crippen LogP contribution is 2.35. The molecule has 2 fully saturated rings. The molecule has 2 aliphatic rings. The lowest BCUT2D eigenvalue weighted by Crippen LogP contribution is -2.51. The van der Waals surface area contributed by atoms with Crippen molar-refractivity contribution in [1.82, 2.24) is 20.2 Å². The van der Waals surface area contributed by atoms with Crippen LogP contribution in [0.3, 0.4) is 0 Å². The van der Waals surface area contributed by atoms with Crippen molar-refractivity contribution in [2.45, 2.75) is 44.6 Å². The van der Waals surface area contributed by atoms with Gasteiger partial charge in [0.05, 0.1) is 24.3 Å². The fourth-order valence-corrected chi connectivity index (χ4v) is 4.60. The molecule has 0 spiro atoms. The standard InChI is InChI=1S/C23H22ClF5N4O3/c1-10-5-18(33(11(10)2)21(35)17-3-4-30-22(31-17)23(27,28)29)20(34)32-19(12-8-36-9-12)13-6-16(26)14(24)7-15(13)25/h3-4,6-7,10-12,18-19H,5,8-9H2,1-2H3,(H,32,34)/t10-,11-,18-,19-/m1/s1. The van der Waals surface area contributed by atoms with Gasteiger partial charge in [-0.05, 0) is 37.5 Å². The minimum atomic E-state index is -4.85. The Kier molecular flexibility index (Phi) is 7.20. The number of carbonyl (C=O) groups is 2. The minimum absolute atomic E-state index is 0.124. The number of ether oxygens (including phenoxy) is 1. The molecule has 2 aromatic rings. The first-order valence-electron chi connectivity index (χ1n) is 11.1. The molecule has 4 atom stereocenters. The van der Waals surface area contributed by atoms with Crippen molar-refractivity contribution < 1.29 is 36.3 Å². The number of nitrogens with zero attached hydrogens (tertiary/aromatic N) is 3. The Bertz CT molecular complexity index is 1180. The zero-order chi connectivity index (χ0) is 26.4. The lowest BCUT2D eigenvalue weighted by Gasteiger charge is -2.36. The Labute approximate surface area is 208 Å². The minimum Gasteiger partial charge on any atom is -0.381 e. The van der Waals surface area contributed by atoms with Crippen molar-refractivity contribution in [2.24, 2.45) is 11.8 Å². The van der Waals surface area contributed by atoms with Crippen molar-refractivity contribution in [3.05, 3.63) is 58.1 Å². The SMILES string of the molecule is C[C@@H]1C[C@H](C(=O)N[C@@H](c2cc(F)c(Cl)cc2F)C2COC2)N(C(=O)c2ccnc(C(F)(F)F)n2)[C@@H]1C. The van der Waals surface area contributed by atoms with Crippen LogP contribution in [0.25, 0.3) is 0 Å². The van der Waals surface area contributed by atoms with E-state index >= 15 is 0 Å². The summed E-state index contributed by atoms with van der Waals surface area (Å²) in [5, 5.41) is 2.29. The van der Waals surface area contributed by atoms with E-state index in [0.29, 0.717) is 0 Å².